The lowest BCUT2D eigenvalue weighted by Gasteiger charge is -2.23. The number of carbonyl (C=O) groups excluding carboxylic acids is 1. The first-order valence-corrected chi connectivity index (χ1v) is 8.51. The summed E-state index contributed by atoms with van der Waals surface area (Å²) in [4.78, 5) is 10.9. The first-order valence-electron chi connectivity index (χ1n) is 7.18. The number of hydrogen-bond acceptors (Lipinski definition) is 6. The molecule has 1 rings (SSSR count). The van der Waals surface area contributed by atoms with Crippen LogP contribution in [0.1, 0.15) is 12.5 Å². The molecule has 0 atom stereocenters. The predicted molar refractivity (Wildman–Crippen MR) is 89.6 cm³/mol. The molecule has 0 radical (unpaired) electrons. The van der Waals surface area contributed by atoms with Crippen LogP contribution in [0.15, 0.2) is 42.5 Å². The van der Waals surface area contributed by atoms with E-state index in [2.05, 4.69) is 31.9 Å². The minimum atomic E-state index is -4.57. The zero-order chi connectivity index (χ0) is 18.8. The van der Waals surface area contributed by atoms with E-state index in [1.165, 1.54) is 0 Å². The van der Waals surface area contributed by atoms with Gasteiger partial charge < -0.3 is 13.8 Å². The highest BCUT2D eigenvalue weighted by molar-refractivity contribution is 7.80. The maximum absolute atomic E-state index is 10.9. The molecule has 1 aromatic rings. The van der Waals surface area contributed by atoms with E-state index in [1.807, 2.05) is 0 Å². The summed E-state index contributed by atoms with van der Waals surface area (Å²) >= 11 is 0. The van der Waals surface area contributed by atoms with Crippen LogP contribution in [0.3, 0.4) is 0 Å². The van der Waals surface area contributed by atoms with Gasteiger partial charge in [0.05, 0.1) is 27.7 Å². The maximum atomic E-state index is 10.9. The summed E-state index contributed by atoms with van der Waals surface area (Å²) in [5.74, 6) is -0.302. The number of likely N-dealkylation sites (N-methyl/N-ethyl adjacent to an activating group) is 1. The van der Waals surface area contributed by atoms with Crippen molar-refractivity contribution in [3.63, 3.8) is 0 Å². The number of benzene rings is 1. The highest BCUT2D eigenvalue weighted by atomic mass is 32.3. The summed E-state index contributed by atoms with van der Waals surface area (Å²) in [6.45, 7) is 6.21. The van der Waals surface area contributed by atoms with Crippen molar-refractivity contribution in [2.45, 2.75) is 13.5 Å². The van der Waals surface area contributed by atoms with Crippen LogP contribution in [0.5, 0.6) is 0 Å². The molecule has 1 aromatic carbocycles. The van der Waals surface area contributed by atoms with Crippen molar-refractivity contribution in [1.29, 1.82) is 0 Å². The lowest BCUT2D eigenvalue weighted by molar-refractivity contribution is -0.870. The summed E-state index contributed by atoms with van der Waals surface area (Å²) in [6.07, 6.45) is 0. The van der Waals surface area contributed by atoms with E-state index in [0.29, 0.717) is 17.7 Å². The third-order valence-electron chi connectivity index (χ3n) is 2.56. The summed E-state index contributed by atoms with van der Waals surface area (Å²) in [6, 6.07) is 8.60. The minimum absolute atomic E-state index is 0.202. The number of carbonyl (C=O) groups is 1. The van der Waals surface area contributed by atoms with Crippen LogP contribution in [-0.2, 0) is 30.7 Å². The number of hydrogen-bond donors (Lipinski definition) is 0. The Hall–Kier alpha value is -1.74. The van der Waals surface area contributed by atoms with Crippen molar-refractivity contribution in [2.75, 3.05) is 34.3 Å². The molecule has 0 saturated heterocycles. The van der Waals surface area contributed by atoms with Crippen LogP contribution in [0.2, 0.25) is 0 Å². The number of esters is 1. The van der Waals surface area contributed by atoms with Crippen molar-refractivity contribution in [3.8, 4) is 0 Å². The fourth-order valence-electron chi connectivity index (χ4n) is 1.25. The molecule has 7 nitrogen and oxygen atoms in total. The summed E-state index contributed by atoms with van der Waals surface area (Å²) < 4.78 is 39.8. The van der Waals surface area contributed by atoms with E-state index in [-0.39, 0.29) is 12.6 Å². The lowest BCUT2D eigenvalue weighted by atomic mass is 10.2. The quantitative estimate of drug-likeness (QED) is 0.241. The van der Waals surface area contributed by atoms with Gasteiger partial charge in [0.1, 0.15) is 13.2 Å². The molecule has 0 aromatic heterocycles. The molecule has 0 amide bonds. The van der Waals surface area contributed by atoms with Crippen LogP contribution in [0, 0.1) is 0 Å². The average molecular weight is 359 g/mol. The fourth-order valence-corrected chi connectivity index (χ4v) is 1.53. The van der Waals surface area contributed by atoms with Gasteiger partial charge in [0.25, 0.3) is 0 Å². The molecule has 0 spiro atoms. The molecule has 0 saturated carbocycles. The zero-order valence-electron chi connectivity index (χ0n) is 14.5. The molecule has 0 aliphatic rings. The van der Waals surface area contributed by atoms with Crippen LogP contribution in [-0.4, -0.2) is 57.7 Å². The van der Waals surface area contributed by atoms with E-state index < -0.39 is 10.4 Å². The largest absolute Gasteiger partial charge is 0.726 e. The summed E-state index contributed by atoms with van der Waals surface area (Å²) in [5.41, 5.74) is 1.10. The Labute approximate surface area is 144 Å². The molecular formula is C16H25NO6S. The molecule has 0 bridgehead atoms. The second-order valence-electron chi connectivity index (χ2n) is 6.09. The van der Waals surface area contributed by atoms with E-state index in [9.17, 15) is 17.8 Å². The molecule has 0 heterocycles. The molecule has 0 aliphatic carbocycles. The normalized spacial score (nSPS) is 11.2. The van der Waals surface area contributed by atoms with Gasteiger partial charge >= 0.3 is 5.97 Å². The van der Waals surface area contributed by atoms with Gasteiger partial charge in [0.15, 0.2) is 0 Å². The molecule has 24 heavy (non-hydrogen) atoms. The standard InChI is InChI=1S/C9H18NO2.C7H8O4S/c1-8(2)9(11)12-7-6-10(3,4)5;8-12(9,10)11-6-7-4-2-1-3-5-7/h1,6-7H2,2-5H3;1-5H,6H2,(H,8,9,10)/q+1;/p-1. The molecule has 8 heteroatoms. The van der Waals surface area contributed by atoms with Gasteiger partial charge in [-0.2, -0.15) is 0 Å². The molecule has 0 fully saturated rings. The summed E-state index contributed by atoms with van der Waals surface area (Å²) in [7, 11) is 1.58. The van der Waals surface area contributed by atoms with Gasteiger partial charge in [0, 0.05) is 5.57 Å². The lowest BCUT2D eigenvalue weighted by Crippen LogP contribution is -2.38. The molecular weight excluding hydrogens is 334 g/mol. The highest BCUT2D eigenvalue weighted by Crippen LogP contribution is 2.02. The Kier molecular flexibility index (Phi) is 9.45. The van der Waals surface area contributed by atoms with Crippen LogP contribution < -0.4 is 0 Å². The van der Waals surface area contributed by atoms with Gasteiger partial charge in [-0.25, -0.2) is 13.2 Å². The number of ether oxygens (including phenoxy) is 1. The van der Waals surface area contributed by atoms with Crippen molar-refractivity contribution in [3.05, 3.63) is 48.0 Å². The van der Waals surface area contributed by atoms with E-state index in [0.717, 1.165) is 11.0 Å². The van der Waals surface area contributed by atoms with Gasteiger partial charge in [-0.3, -0.25) is 4.18 Å². The number of quaternary nitrogens is 1. The monoisotopic (exact) mass is 359 g/mol. The van der Waals surface area contributed by atoms with E-state index in [4.69, 9.17) is 4.74 Å². The first-order chi connectivity index (χ1) is 10.9. The first kappa shape index (κ1) is 22.3. The van der Waals surface area contributed by atoms with Crippen molar-refractivity contribution in [1.82, 2.24) is 0 Å². The van der Waals surface area contributed by atoms with E-state index >= 15 is 0 Å². The van der Waals surface area contributed by atoms with Gasteiger partial charge in [0.2, 0.25) is 10.4 Å². The Morgan fingerprint density at radius 3 is 2.17 bits per heavy atom. The fraction of sp³-hybridized carbons (Fsp3) is 0.438. The van der Waals surface area contributed by atoms with Gasteiger partial charge in [-0.15, -0.1) is 0 Å². The Bertz CT molecular complexity index is 620. The smallest absolute Gasteiger partial charge is 0.333 e. The van der Waals surface area contributed by atoms with Crippen LogP contribution in [0.4, 0.5) is 0 Å². The second-order valence-corrected chi connectivity index (χ2v) is 7.14. The SMILES string of the molecule is C=C(C)C(=O)OCC[N+](C)(C)C.O=S(=O)([O-])OCc1ccccc1. The molecule has 0 unspecified atom stereocenters. The Balaban J connectivity index is 0.000000441. The number of rotatable bonds is 7. The Morgan fingerprint density at radius 1 is 1.21 bits per heavy atom. The van der Waals surface area contributed by atoms with Gasteiger partial charge in [-0.1, -0.05) is 36.9 Å². The van der Waals surface area contributed by atoms with Crippen LogP contribution in [0.25, 0.3) is 0 Å². The molecule has 0 aliphatic heterocycles. The van der Waals surface area contributed by atoms with E-state index in [1.54, 1.807) is 37.3 Å². The molecule has 0 N–H and O–H groups in total. The minimum Gasteiger partial charge on any atom is -0.726 e. The van der Waals surface area contributed by atoms with Gasteiger partial charge in [-0.05, 0) is 12.5 Å². The Morgan fingerprint density at radius 2 is 1.75 bits per heavy atom. The second kappa shape index (κ2) is 10.2. The average Bonchev–Trinajstić information content (AvgIpc) is 2.44. The van der Waals surface area contributed by atoms with Crippen molar-refractivity contribution >= 4 is 16.4 Å². The molecule has 136 valence electrons. The zero-order valence-corrected chi connectivity index (χ0v) is 15.3. The highest BCUT2D eigenvalue weighted by Gasteiger charge is 2.09. The summed E-state index contributed by atoms with van der Waals surface area (Å²) in [5, 5.41) is 0. The topological polar surface area (TPSA) is 92.7 Å². The van der Waals surface area contributed by atoms with Crippen molar-refractivity contribution < 1.29 is 31.2 Å². The third-order valence-corrected chi connectivity index (χ3v) is 2.96. The van der Waals surface area contributed by atoms with Crippen molar-refractivity contribution in [2.24, 2.45) is 0 Å². The maximum Gasteiger partial charge on any atom is 0.333 e. The predicted octanol–water partition coefficient (Wildman–Crippen LogP) is 1.48. The number of nitrogens with zero attached hydrogens (tertiary/aromatic N) is 1. The third kappa shape index (κ3) is 13.9. The van der Waals surface area contributed by atoms with Crippen LogP contribution >= 0.6 is 0 Å².